The lowest BCUT2D eigenvalue weighted by atomic mass is 9.74. The Morgan fingerprint density at radius 3 is 1.93 bits per heavy atom. The smallest absolute Gasteiger partial charge is 0.161 e. The van der Waals surface area contributed by atoms with Crippen molar-refractivity contribution in [1.82, 2.24) is 4.90 Å². The van der Waals surface area contributed by atoms with E-state index in [1.165, 1.54) is 63.5 Å². The third-order valence-electron chi connectivity index (χ3n) is 8.68. The topological polar surface area (TPSA) is 48.7 Å². The zero-order valence-electron chi connectivity index (χ0n) is 25.5. The molecule has 0 N–H and O–H groups in total. The molecule has 1 unspecified atom stereocenters. The van der Waals surface area contributed by atoms with Crippen LogP contribution in [0.25, 0.3) is 0 Å². The highest BCUT2D eigenvalue weighted by atomic mass is 16.5. The van der Waals surface area contributed by atoms with Gasteiger partial charge in [0.2, 0.25) is 0 Å². The van der Waals surface area contributed by atoms with E-state index < -0.39 is 5.41 Å². The van der Waals surface area contributed by atoms with Crippen molar-refractivity contribution in [3.05, 3.63) is 54.1 Å². The SMILES string of the molecule is CCCCCCCCCCCCC(C#N)(CCCN1CCN(c2ccccc2)CC1)c1ccc(OC)c(OC)c1. The minimum absolute atomic E-state index is 0.494. The first-order valence-electron chi connectivity index (χ1n) is 15.8. The van der Waals surface area contributed by atoms with E-state index in [0.717, 1.165) is 64.0 Å². The maximum absolute atomic E-state index is 10.6. The van der Waals surface area contributed by atoms with Gasteiger partial charge in [0.05, 0.1) is 25.7 Å². The Morgan fingerprint density at radius 1 is 0.725 bits per heavy atom. The molecule has 1 fully saturated rings. The van der Waals surface area contributed by atoms with Gasteiger partial charge in [0.15, 0.2) is 11.5 Å². The number of rotatable bonds is 19. The van der Waals surface area contributed by atoms with E-state index in [-0.39, 0.29) is 0 Å². The van der Waals surface area contributed by atoms with Crippen LogP contribution in [-0.2, 0) is 5.41 Å². The van der Waals surface area contributed by atoms with Gasteiger partial charge in [-0.2, -0.15) is 5.26 Å². The summed E-state index contributed by atoms with van der Waals surface area (Å²) in [5, 5.41) is 10.6. The van der Waals surface area contributed by atoms with E-state index in [2.05, 4.69) is 59.2 Å². The molecule has 0 radical (unpaired) electrons. The third-order valence-corrected chi connectivity index (χ3v) is 8.68. The van der Waals surface area contributed by atoms with Gasteiger partial charge in [0.1, 0.15) is 0 Å². The van der Waals surface area contributed by atoms with Gasteiger partial charge < -0.3 is 14.4 Å². The molecule has 0 amide bonds. The predicted octanol–water partition coefficient (Wildman–Crippen LogP) is 8.38. The zero-order valence-corrected chi connectivity index (χ0v) is 25.5. The molecule has 0 spiro atoms. The summed E-state index contributed by atoms with van der Waals surface area (Å²) >= 11 is 0. The number of anilines is 1. The second-order valence-corrected chi connectivity index (χ2v) is 11.5. The number of hydrogen-bond donors (Lipinski definition) is 0. The van der Waals surface area contributed by atoms with Crippen LogP contribution in [-0.4, -0.2) is 51.8 Å². The number of para-hydroxylation sites is 1. The van der Waals surface area contributed by atoms with Gasteiger partial charge in [-0.15, -0.1) is 0 Å². The van der Waals surface area contributed by atoms with Crippen LogP contribution in [0.1, 0.15) is 96.0 Å². The maximum Gasteiger partial charge on any atom is 0.161 e. The van der Waals surface area contributed by atoms with Gasteiger partial charge in [-0.1, -0.05) is 95.4 Å². The number of unbranched alkanes of at least 4 members (excludes halogenated alkanes) is 9. The van der Waals surface area contributed by atoms with Crippen molar-refractivity contribution in [1.29, 1.82) is 5.26 Å². The molecule has 0 saturated carbocycles. The second-order valence-electron chi connectivity index (χ2n) is 11.5. The highest BCUT2D eigenvalue weighted by molar-refractivity contribution is 5.47. The molecule has 0 aromatic heterocycles. The van der Waals surface area contributed by atoms with E-state index in [1.54, 1.807) is 14.2 Å². The fourth-order valence-electron chi connectivity index (χ4n) is 6.11. The average molecular weight is 548 g/mol. The fraction of sp³-hybridized carbons (Fsp3) is 0.629. The van der Waals surface area contributed by atoms with E-state index in [9.17, 15) is 5.26 Å². The number of ether oxygens (including phenoxy) is 2. The van der Waals surface area contributed by atoms with Crippen molar-refractivity contribution in [2.24, 2.45) is 0 Å². The summed E-state index contributed by atoms with van der Waals surface area (Å²) in [5.74, 6) is 1.42. The normalized spacial score (nSPS) is 15.4. The lowest BCUT2D eigenvalue weighted by Crippen LogP contribution is -2.46. The molecule has 2 aromatic rings. The Kier molecular flexibility index (Phi) is 14.2. The molecule has 5 heteroatoms. The number of nitrogens with zero attached hydrogens (tertiary/aromatic N) is 3. The Morgan fingerprint density at radius 2 is 1.32 bits per heavy atom. The van der Waals surface area contributed by atoms with Gasteiger partial charge in [-0.25, -0.2) is 0 Å². The van der Waals surface area contributed by atoms with Crippen LogP contribution in [0.2, 0.25) is 0 Å². The monoisotopic (exact) mass is 547 g/mol. The van der Waals surface area contributed by atoms with Crippen molar-refractivity contribution < 1.29 is 9.47 Å². The highest BCUT2D eigenvalue weighted by Crippen LogP contribution is 2.39. The van der Waals surface area contributed by atoms with Gasteiger partial charge in [0.25, 0.3) is 0 Å². The van der Waals surface area contributed by atoms with Gasteiger partial charge in [-0.05, 0) is 55.6 Å². The van der Waals surface area contributed by atoms with Crippen molar-refractivity contribution in [2.45, 2.75) is 95.8 Å². The van der Waals surface area contributed by atoms with E-state index in [1.807, 2.05) is 12.1 Å². The largest absolute Gasteiger partial charge is 0.493 e. The molecule has 3 rings (SSSR count). The van der Waals surface area contributed by atoms with Crippen LogP contribution in [0.5, 0.6) is 11.5 Å². The van der Waals surface area contributed by atoms with Crippen molar-refractivity contribution >= 4 is 5.69 Å². The number of benzene rings is 2. The van der Waals surface area contributed by atoms with E-state index >= 15 is 0 Å². The zero-order chi connectivity index (χ0) is 28.5. The molecule has 220 valence electrons. The van der Waals surface area contributed by atoms with Crippen molar-refractivity contribution in [2.75, 3.05) is 51.8 Å². The van der Waals surface area contributed by atoms with Crippen LogP contribution in [0.3, 0.4) is 0 Å². The molecule has 1 heterocycles. The van der Waals surface area contributed by atoms with Gasteiger partial charge in [0, 0.05) is 31.9 Å². The van der Waals surface area contributed by atoms with Crippen LogP contribution in [0.4, 0.5) is 5.69 Å². The number of nitriles is 1. The van der Waals surface area contributed by atoms with Gasteiger partial charge >= 0.3 is 0 Å². The summed E-state index contributed by atoms with van der Waals surface area (Å²) in [6, 6.07) is 19.6. The summed E-state index contributed by atoms with van der Waals surface area (Å²) in [6.07, 6.45) is 15.8. The number of hydrogen-bond acceptors (Lipinski definition) is 5. The third kappa shape index (κ3) is 9.73. The average Bonchev–Trinajstić information content (AvgIpc) is 3.01. The van der Waals surface area contributed by atoms with Crippen LogP contribution in [0, 0.1) is 11.3 Å². The molecule has 0 bridgehead atoms. The molecule has 1 atom stereocenters. The minimum atomic E-state index is -0.494. The summed E-state index contributed by atoms with van der Waals surface area (Å²) in [7, 11) is 3.34. The molecule has 1 aliphatic heterocycles. The first-order valence-corrected chi connectivity index (χ1v) is 15.8. The lowest BCUT2D eigenvalue weighted by Gasteiger charge is -2.36. The molecule has 1 aliphatic rings. The lowest BCUT2D eigenvalue weighted by molar-refractivity contribution is 0.244. The van der Waals surface area contributed by atoms with Crippen LogP contribution >= 0.6 is 0 Å². The summed E-state index contributed by atoms with van der Waals surface area (Å²) in [6.45, 7) is 7.57. The molecule has 5 nitrogen and oxygen atoms in total. The molecule has 0 aliphatic carbocycles. The molecule has 2 aromatic carbocycles. The second kappa shape index (κ2) is 17.9. The summed E-state index contributed by atoms with van der Waals surface area (Å²) in [4.78, 5) is 5.04. The Bertz CT molecular complexity index is 997. The predicted molar refractivity (Wildman–Crippen MR) is 168 cm³/mol. The minimum Gasteiger partial charge on any atom is -0.493 e. The molecular formula is C35H53N3O2. The quantitative estimate of drug-likeness (QED) is 0.165. The van der Waals surface area contributed by atoms with Crippen LogP contribution < -0.4 is 14.4 Å². The van der Waals surface area contributed by atoms with E-state index in [4.69, 9.17) is 9.47 Å². The summed E-state index contributed by atoms with van der Waals surface area (Å²) < 4.78 is 11.1. The van der Waals surface area contributed by atoms with Crippen LogP contribution in [0.15, 0.2) is 48.5 Å². The fourth-order valence-corrected chi connectivity index (χ4v) is 6.11. The molecular weight excluding hydrogens is 494 g/mol. The first-order chi connectivity index (χ1) is 19.7. The van der Waals surface area contributed by atoms with Gasteiger partial charge in [-0.3, -0.25) is 4.90 Å². The Hall–Kier alpha value is -2.71. The molecule has 40 heavy (non-hydrogen) atoms. The highest BCUT2D eigenvalue weighted by Gasteiger charge is 2.33. The Balaban J connectivity index is 1.54. The molecule has 1 saturated heterocycles. The standard InChI is InChI=1S/C35H53N3O2/c1-4-5-6-7-8-9-10-11-12-16-22-35(30-36,31-20-21-33(39-2)34(29-31)40-3)23-17-24-37-25-27-38(28-26-37)32-18-14-13-15-19-32/h13-15,18-21,29H,4-12,16-17,22-28H2,1-3H3. The van der Waals surface area contributed by atoms with E-state index in [0.29, 0.717) is 11.5 Å². The number of piperazine rings is 1. The maximum atomic E-state index is 10.6. The first kappa shape index (κ1) is 31.8. The summed E-state index contributed by atoms with van der Waals surface area (Å²) in [5.41, 5.74) is 1.89. The Labute approximate surface area is 244 Å². The van der Waals surface area contributed by atoms with Crippen molar-refractivity contribution in [3.8, 4) is 17.6 Å². The van der Waals surface area contributed by atoms with Crippen molar-refractivity contribution in [3.63, 3.8) is 0 Å². The number of methoxy groups -OCH3 is 2.